The minimum Gasteiger partial charge on any atom is -0.382 e. The first-order valence-electron chi connectivity index (χ1n) is 22.1. The number of ether oxygens (including phenoxy) is 2. The first-order valence-corrected chi connectivity index (χ1v) is 22.1. The Morgan fingerprint density at radius 3 is 2.19 bits per heavy atom. The maximum atomic E-state index is 13.0. The van der Waals surface area contributed by atoms with Crippen LogP contribution in [0.5, 0.6) is 0 Å². The van der Waals surface area contributed by atoms with E-state index < -0.39 is 0 Å². The van der Waals surface area contributed by atoms with Crippen molar-refractivity contribution < 1.29 is 23.9 Å². The predicted molar refractivity (Wildman–Crippen MR) is 226 cm³/mol. The summed E-state index contributed by atoms with van der Waals surface area (Å²) in [7, 11) is 0. The van der Waals surface area contributed by atoms with Crippen LogP contribution in [0.25, 0.3) is 21.9 Å². The third-order valence-electron chi connectivity index (χ3n) is 12.0. The van der Waals surface area contributed by atoms with Crippen molar-refractivity contribution >= 4 is 45.5 Å². The van der Waals surface area contributed by atoms with Gasteiger partial charge >= 0.3 is 0 Å². The largest absolute Gasteiger partial charge is 0.382 e. The lowest BCUT2D eigenvalue weighted by Gasteiger charge is -2.27. The minimum atomic E-state index is -0.0746. The van der Waals surface area contributed by atoms with Crippen LogP contribution in [0.4, 0.5) is 5.82 Å². The van der Waals surface area contributed by atoms with E-state index >= 15 is 0 Å². The van der Waals surface area contributed by atoms with Crippen LogP contribution in [0.2, 0.25) is 0 Å². The molecule has 0 bridgehead atoms. The third kappa shape index (κ3) is 13.9. The average molecular weight is 791 g/mol. The molecule has 2 heterocycles. The number of nitrogen functional groups attached to an aromatic ring is 1. The number of aromatic nitrogens is 3. The van der Waals surface area contributed by atoms with Gasteiger partial charge in [0.2, 0.25) is 17.7 Å². The fraction of sp³-hybridized carbons (Fsp3) is 0.705. The van der Waals surface area contributed by atoms with E-state index in [9.17, 15) is 14.4 Å². The second-order valence-electron chi connectivity index (χ2n) is 16.3. The van der Waals surface area contributed by atoms with Crippen LogP contribution >= 0.6 is 0 Å². The number of aryl methyl sites for hydroxylation is 2. The van der Waals surface area contributed by atoms with Gasteiger partial charge in [0, 0.05) is 56.2 Å². The van der Waals surface area contributed by atoms with Gasteiger partial charge in [0.15, 0.2) is 5.82 Å². The van der Waals surface area contributed by atoms with E-state index in [1.54, 1.807) is 0 Å². The molecule has 57 heavy (non-hydrogen) atoms. The van der Waals surface area contributed by atoms with Gasteiger partial charge in [0.1, 0.15) is 11.3 Å². The molecular weight excluding hydrogens is 721 g/mol. The summed E-state index contributed by atoms with van der Waals surface area (Å²) in [5.41, 5.74) is 15.0. The molecule has 2 aromatic heterocycles. The highest BCUT2D eigenvalue weighted by Crippen LogP contribution is 2.31. The van der Waals surface area contributed by atoms with E-state index in [0.29, 0.717) is 76.4 Å². The molecule has 7 N–H and O–H groups in total. The summed E-state index contributed by atoms with van der Waals surface area (Å²) in [6, 6.07) is 8.08. The third-order valence-corrected chi connectivity index (χ3v) is 12.0. The Morgan fingerprint density at radius 2 is 1.47 bits per heavy atom. The lowest BCUT2D eigenvalue weighted by molar-refractivity contribution is -0.130. The summed E-state index contributed by atoms with van der Waals surface area (Å²) >= 11 is 0. The molecule has 2 saturated carbocycles. The van der Waals surface area contributed by atoms with E-state index in [1.807, 2.05) is 18.2 Å². The van der Waals surface area contributed by atoms with Crippen LogP contribution in [0.3, 0.4) is 0 Å². The van der Waals surface area contributed by atoms with Crippen LogP contribution in [0, 0.1) is 23.7 Å². The molecule has 2 atom stereocenters. The summed E-state index contributed by atoms with van der Waals surface area (Å²) in [5, 5.41) is 10.3. The van der Waals surface area contributed by atoms with Crippen LogP contribution in [-0.2, 0) is 36.8 Å². The Kier molecular flexibility index (Phi) is 18.8. The van der Waals surface area contributed by atoms with Crippen molar-refractivity contribution in [3.63, 3.8) is 0 Å². The number of hydrogen-bond acceptors (Lipinski definition) is 9. The second-order valence-corrected chi connectivity index (χ2v) is 16.3. The van der Waals surface area contributed by atoms with Gasteiger partial charge in [-0.25, -0.2) is 9.97 Å². The minimum absolute atomic E-state index is 0.0271. The van der Waals surface area contributed by atoms with Crippen molar-refractivity contribution in [2.24, 2.45) is 29.4 Å². The Hall–Kier alpha value is -3.81. The summed E-state index contributed by atoms with van der Waals surface area (Å²) in [6.45, 7) is 7.07. The highest BCUT2D eigenvalue weighted by molar-refractivity contribution is 6.06. The number of para-hydroxylation sites is 1. The molecule has 5 rings (SSSR count). The molecule has 0 radical (unpaired) electrons. The first kappa shape index (κ1) is 44.3. The molecule has 2 fully saturated rings. The molecule has 3 amide bonds. The van der Waals surface area contributed by atoms with Gasteiger partial charge in [0.25, 0.3) is 0 Å². The highest BCUT2D eigenvalue weighted by Gasteiger charge is 2.29. The quantitative estimate of drug-likeness (QED) is 0.0784. The molecule has 0 aliphatic heterocycles. The summed E-state index contributed by atoms with van der Waals surface area (Å²) in [6.07, 6.45) is 16.5. The van der Waals surface area contributed by atoms with Crippen molar-refractivity contribution in [3.8, 4) is 0 Å². The summed E-state index contributed by atoms with van der Waals surface area (Å²) in [4.78, 5) is 47.7. The van der Waals surface area contributed by atoms with Gasteiger partial charge < -0.3 is 41.5 Å². The second kappa shape index (κ2) is 24.2. The molecule has 316 valence electrons. The van der Waals surface area contributed by atoms with Gasteiger partial charge in [-0.1, -0.05) is 57.2 Å². The number of imidazole rings is 1. The van der Waals surface area contributed by atoms with Crippen molar-refractivity contribution in [2.45, 2.75) is 123 Å². The number of carbonyl (C=O) groups is 3. The maximum absolute atomic E-state index is 13.0. The zero-order valence-corrected chi connectivity index (χ0v) is 34.5. The highest BCUT2D eigenvalue weighted by atomic mass is 16.5. The molecule has 2 aliphatic carbocycles. The van der Waals surface area contributed by atoms with Crippen LogP contribution in [-0.4, -0.2) is 84.9 Å². The Morgan fingerprint density at radius 1 is 0.789 bits per heavy atom. The van der Waals surface area contributed by atoms with Crippen LogP contribution in [0.15, 0.2) is 24.3 Å². The van der Waals surface area contributed by atoms with Crippen molar-refractivity contribution in [1.29, 1.82) is 0 Å². The van der Waals surface area contributed by atoms with Gasteiger partial charge in [0.05, 0.1) is 37.5 Å². The number of benzene rings is 1. The lowest BCUT2D eigenvalue weighted by atomic mass is 9.81. The number of amides is 3. The topological polar surface area (TPSA) is 189 Å². The van der Waals surface area contributed by atoms with Crippen LogP contribution in [0.1, 0.15) is 115 Å². The Bertz CT molecular complexity index is 1690. The molecule has 13 nitrogen and oxygen atoms in total. The van der Waals surface area contributed by atoms with E-state index in [4.69, 9.17) is 25.9 Å². The standard InChI is InChI=1S/C44H70N8O5/c1-2-3-16-38-51-40-41(36-14-8-9-15-37(36)50-42(40)46)52(38)24-11-10-22-47-43(54)34-17-19-35(20-18-34)44(55)48-23-26-57-28-27-56-25-21-39(53)49-31-33-13-7-5-4-6-12-32(29-33)30-45/h8-9,14-15,32-35H,2-7,10-13,16-31,45H2,1H3,(H2,46,50)(H,47,54)(H,48,55)(H,49,53). The number of fused-ring (bicyclic) bond motifs is 3. The number of nitrogens with one attached hydrogen (secondary N) is 3. The van der Waals surface area contributed by atoms with Crippen molar-refractivity contribution in [3.05, 3.63) is 30.1 Å². The number of hydrogen-bond donors (Lipinski definition) is 5. The van der Waals surface area contributed by atoms with Crippen molar-refractivity contribution in [2.75, 3.05) is 58.3 Å². The molecule has 3 aromatic rings. The number of anilines is 1. The zero-order valence-electron chi connectivity index (χ0n) is 34.5. The average Bonchev–Trinajstić information content (AvgIpc) is 3.65. The number of rotatable bonds is 22. The van der Waals surface area contributed by atoms with E-state index in [1.165, 1.54) is 32.1 Å². The summed E-state index contributed by atoms with van der Waals surface area (Å²) < 4.78 is 13.5. The van der Waals surface area contributed by atoms with Gasteiger partial charge in [-0.2, -0.15) is 0 Å². The Balaban J connectivity index is 0.887. The van der Waals surface area contributed by atoms with E-state index in [2.05, 4.69) is 38.5 Å². The molecule has 0 spiro atoms. The number of nitrogens with zero attached hydrogens (tertiary/aromatic N) is 3. The SMILES string of the molecule is CCCCc1nc2c(N)nc3ccccc3c2n1CCCCNC(=O)C1CCC(C(=O)NCCOCCOCCC(=O)NCC2CCCCCCC(CN)C2)CC1. The molecule has 2 aliphatic rings. The van der Waals surface area contributed by atoms with Crippen LogP contribution < -0.4 is 27.4 Å². The number of carbonyl (C=O) groups excluding carboxylic acids is 3. The maximum Gasteiger partial charge on any atom is 0.223 e. The monoisotopic (exact) mass is 791 g/mol. The van der Waals surface area contributed by atoms with Gasteiger partial charge in [-0.15, -0.1) is 0 Å². The van der Waals surface area contributed by atoms with E-state index in [-0.39, 0.29) is 29.6 Å². The normalized spacial score (nSPS) is 20.5. The molecule has 13 heteroatoms. The molecule has 0 saturated heterocycles. The molecular formula is C44H70N8O5. The van der Waals surface area contributed by atoms with Crippen molar-refractivity contribution in [1.82, 2.24) is 30.5 Å². The fourth-order valence-electron chi connectivity index (χ4n) is 8.59. The predicted octanol–water partition coefficient (Wildman–Crippen LogP) is 5.80. The van der Waals surface area contributed by atoms with Gasteiger partial charge in [-0.05, 0) is 88.7 Å². The number of nitrogens with two attached hydrogens (primary N) is 2. The summed E-state index contributed by atoms with van der Waals surface area (Å²) in [5.74, 6) is 2.60. The lowest BCUT2D eigenvalue weighted by Crippen LogP contribution is -2.38. The van der Waals surface area contributed by atoms with Gasteiger partial charge in [-0.3, -0.25) is 14.4 Å². The smallest absolute Gasteiger partial charge is 0.223 e. The zero-order chi connectivity index (χ0) is 40.2. The molecule has 2 unspecified atom stereocenters. The number of pyridine rings is 1. The van der Waals surface area contributed by atoms with E-state index in [0.717, 1.165) is 105 Å². The Labute approximate surface area is 339 Å². The number of unbranched alkanes of at least 4 members (excludes halogenated alkanes) is 2. The fourth-order valence-corrected chi connectivity index (χ4v) is 8.59. The first-order chi connectivity index (χ1) is 27.9. The molecule has 1 aromatic carbocycles.